The van der Waals surface area contributed by atoms with Crippen molar-refractivity contribution in [1.82, 2.24) is 10.6 Å². The Morgan fingerprint density at radius 2 is 1.32 bits per heavy atom. The van der Waals surface area contributed by atoms with Gasteiger partial charge in [-0.05, 0) is 0 Å². The number of nitrogens with one attached hydrogen (secondary N) is 2. The molecular weight excluding hydrogens is 260 g/mol. The van der Waals surface area contributed by atoms with Crippen molar-refractivity contribution in [2.75, 3.05) is 6.61 Å². The molecule has 0 spiro atoms. The maximum Gasteiger partial charge on any atom is 0.218 e. The molecule has 112 valence electrons. The van der Waals surface area contributed by atoms with Crippen LogP contribution in [0.1, 0.15) is 13.8 Å². The van der Waals surface area contributed by atoms with Crippen LogP contribution in [0.15, 0.2) is 0 Å². The molecule has 0 fully saturated rings. The van der Waals surface area contributed by atoms with Crippen molar-refractivity contribution in [2.45, 2.75) is 44.4 Å². The molecule has 0 radical (unpaired) electrons. The minimum absolute atomic E-state index is 0.581. The summed E-state index contributed by atoms with van der Waals surface area (Å²) < 4.78 is 0. The number of aliphatic hydroxyl groups is 5. The van der Waals surface area contributed by atoms with Crippen LogP contribution in [-0.2, 0) is 9.59 Å². The van der Waals surface area contributed by atoms with E-state index in [0.29, 0.717) is 0 Å². The van der Waals surface area contributed by atoms with E-state index in [1.54, 1.807) is 0 Å². The molecular formula is C10H20N2O7. The molecule has 2 amide bonds. The maximum absolute atomic E-state index is 10.9. The second-order valence-corrected chi connectivity index (χ2v) is 4.10. The van der Waals surface area contributed by atoms with Crippen molar-refractivity contribution in [3.8, 4) is 0 Å². The first-order valence-electron chi connectivity index (χ1n) is 5.58. The molecule has 7 N–H and O–H groups in total. The fourth-order valence-electron chi connectivity index (χ4n) is 1.38. The van der Waals surface area contributed by atoms with E-state index in [2.05, 4.69) is 10.6 Å². The van der Waals surface area contributed by atoms with E-state index in [-0.39, 0.29) is 0 Å². The lowest BCUT2D eigenvalue weighted by molar-refractivity contribution is -0.136. The fraction of sp³-hybridized carbons (Fsp3) is 0.800. The van der Waals surface area contributed by atoms with E-state index >= 15 is 0 Å². The molecule has 0 aliphatic rings. The summed E-state index contributed by atoms with van der Waals surface area (Å²) in [5, 5.41) is 50.9. The van der Waals surface area contributed by atoms with Crippen molar-refractivity contribution >= 4 is 11.8 Å². The van der Waals surface area contributed by atoms with Crippen LogP contribution in [-0.4, -0.2) is 74.5 Å². The molecule has 0 aliphatic heterocycles. The normalized spacial score (nSPS) is 17.5. The Bertz CT molecular complexity index is 296. The Kier molecular flexibility index (Phi) is 7.49. The van der Waals surface area contributed by atoms with Crippen LogP contribution in [0.2, 0.25) is 0 Å². The molecule has 0 aliphatic carbocycles. The van der Waals surface area contributed by atoms with Gasteiger partial charge in [-0.3, -0.25) is 9.59 Å². The van der Waals surface area contributed by atoms with Crippen LogP contribution < -0.4 is 10.6 Å². The van der Waals surface area contributed by atoms with Crippen LogP contribution >= 0.6 is 0 Å². The molecule has 0 bridgehead atoms. The number of aliphatic hydroxyl groups excluding tert-OH is 5. The standard InChI is InChI=1S/C10H20N2O7/c1-4(14)11-10(12-5(2)15)9(19)8(18)7(17)6(16)3-13/h6-10,13,16-19H,3H2,1-2H3,(H,11,14)(H,12,15)/t6-,7-,8+,9+/m1/s1. The summed E-state index contributed by atoms with van der Waals surface area (Å²) in [6.45, 7) is 1.44. The van der Waals surface area contributed by atoms with Gasteiger partial charge in [-0.15, -0.1) is 0 Å². The van der Waals surface area contributed by atoms with E-state index < -0.39 is 49.0 Å². The summed E-state index contributed by atoms with van der Waals surface area (Å²) >= 11 is 0. The molecule has 0 rings (SSSR count). The first-order chi connectivity index (χ1) is 8.70. The number of hydrogen-bond acceptors (Lipinski definition) is 7. The predicted molar refractivity (Wildman–Crippen MR) is 62.5 cm³/mol. The van der Waals surface area contributed by atoms with Crippen LogP contribution in [0, 0.1) is 0 Å². The Morgan fingerprint density at radius 3 is 1.63 bits per heavy atom. The van der Waals surface area contributed by atoms with Crippen LogP contribution in [0.5, 0.6) is 0 Å². The van der Waals surface area contributed by atoms with Gasteiger partial charge in [0.1, 0.15) is 30.6 Å². The van der Waals surface area contributed by atoms with Gasteiger partial charge in [0, 0.05) is 13.8 Å². The molecule has 0 saturated heterocycles. The first kappa shape index (κ1) is 17.7. The lowest BCUT2D eigenvalue weighted by atomic mass is 10.0. The largest absolute Gasteiger partial charge is 0.394 e. The summed E-state index contributed by atoms with van der Waals surface area (Å²) in [4.78, 5) is 21.8. The first-order valence-corrected chi connectivity index (χ1v) is 5.58. The zero-order chi connectivity index (χ0) is 15.2. The van der Waals surface area contributed by atoms with Gasteiger partial charge in [-0.2, -0.15) is 0 Å². The summed E-state index contributed by atoms with van der Waals surface area (Å²) in [7, 11) is 0. The number of hydrogen-bond donors (Lipinski definition) is 7. The number of rotatable bonds is 7. The molecule has 4 atom stereocenters. The summed E-state index contributed by atoms with van der Waals surface area (Å²) in [5.41, 5.74) is 0. The molecule has 0 saturated carbocycles. The van der Waals surface area contributed by atoms with Gasteiger partial charge in [-0.25, -0.2) is 0 Å². The van der Waals surface area contributed by atoms with Crippen molar-refractivity contribution in [3.63, 3.8) is 0 Å². The SMILES string of the molecule is CC(=O)NC(NC(C)=O)[C@@H](O)[C@@H](O)[C@H](O)[C@H](O)CO. The van der Waals surface area contributed by atoms with Gasteiger partial charge >= 0.3 is 0 Å². The highest BCUT2D eigenvalue weighted by molar-refractivity contribution is 5.76. The second-order valence-electron chi connectivity index (χ2n) is 4.10. The van der Waals surface area contributed by atoms with Gasteiger partial charge in [0.05, 0.1) is 6.61 Å². The minimum Gasteiger partial charge on any atom is -0.394 e. The van der Waals surface area contributed by atoms with E-state index in [4.69, 9.17) is 10.2 Å². The second kappa shape index (κ2) is 8.02. The fourth-order valence-corrected chi connectivity index (χ4v) is 1.38. The number of carbonyl (C=O) groups is 2. The highest BCUT2D eigenvalue weighted by Gasteiger charge is 2.35. The van der Waals surface area contributed by atoms with Crippen LogP contribution in [0.3, 0.4) is 0 Å². The van der Waals surface area contributed by atoms with Gasteiger partial charge in [-0.1, -0.05) is 0 Å². The Morgan fingerprint density at radius 1 is 0.895 bits per heavy atom. The van der Waals surface area contributed by atoms with E-state index in [9.17, 15) is 24.9 Å². The summed E-state index contributed by atoms with van der Waals surface area (Å²) in [5.74, 6) is -1.16. The van der Waals surface area contributed by atoms with Crippen LogP contribution in [0.4, 0.5) is 0 Å². The Labute approximate surface area is 109 Å². The smallest absolute Gasteiger partial charge is 0.218 e. The van der Waals surface area contributed by atoms with Crippen molar-refractivity contribution in [3.05, 3.63) is 0 Å². The lowest BCUT2D eigenvalue weighted by Gasteiger charge is -2.31. The number of carbonyl (C=O) groups excluding carboxylic acids is 2. The zero-order valence-electron chi connectivity index (χ0n) is 10.6. The quantitative estimate of drug-likeness (QED) is 0.234. The third kappa shape index (κ3) is 5.94. The predicted octanol–water partition coefficient (Wildman–Crippen LogP) is -3.98. The third-order valence-electron chi connectivity index (χ3n) is 2.34. The van der Waals surface area contributed by atoms with Crippen LogP contribution in [0.25, 0.3) is 0 Å². The van der Waals surface area contributed by atoms with Gasteiger partial charge in [0.2, 0.25) is 11.8 Å². The third-order valence-corrected chi connectivity index (χ3v) is 2.34. The zero-order valence-corrected chi connectivity index (χ0v) is 10.6. The summed E-state index contributed by atoms with van der Waals surface area (Å²) in [6, 6.07) is 0. The van der Waals surface area contributed by atoms with Gasteiger partial charge in [0.15, 0.2) is 0 Å². The number of amides is 2. The van der Waals surface area contributed by atoms with Crippen molar-refractivity contribution in [2.24, 2.45) is 0 Å². The average molecular weight is 280 g/mol. The topological polar surface area (TPSA) is 159 Å². The van der Waals surface area contributed by atoms with Gasteiger partial charge in [0.25, 0.3) is 0 Å². The molecule has 0 heterocycles. The molecule has 0 aromatic rings. The molecule has 9 heteroatoms. The van der Waals surface area contributed by atoms with E-state index in [1.807, 2.05) is 0 Å². The molecule has 0 aromatic heterocycles. The molecule has 0 aromatic carbocycles. The monoisotopic (exact) mass is 280 g/mol. The molecule has 19 heavy (non-hydrogen) atoms. The van der Waals surface area contributed by atoms with Crippen molar-refractivity contribution < 1.29 is 35.1 Å². The molecule has 0 unspecified atom stereocenters. The Balaban J connectivity index is 4.80. The lowest BCUT2D eigenvalue weighted by Crippen LogP contribution is -2.60. The maximum atomic E-state index is 10.9. The van der Waals surface area contributed by atoms with Gasteiger partial charge < -0.3 is 36.2 Å². The van der Waals surface area contributed by atoms with E-state index in [0.717, 1.165) is 13.8 Å². The van der Waals surface area contributed by atoms with Crippen molar-refractivity contribution in [1.29, 1.82) is 0 Å². The Hall–Kier alpha value is -1.26. The average Bonchev–Trinajstić information content (AvgIpc) is 2.33. The summed E-state index contributed by atoms with van der Waals surface area (Å²) in [6.07, 6.45) is -8.51. The highest BCUT2D eigenvalue weighted by Crippen LogP contribution is 2.07. The molecule has 9 nitrogen and oxygen atoms in total. The minimum atomic E-state index is -1.88. The highest BCUT2D eigenvalue weighted by atomic mass is 16.4. The van der Waals surface area contributed by atoms with E-state index in [1.165, 1.54) is 0 Å².